The number of Topliss-reactive ketones (excluding diaryl/α,β-unsaturated/α-hetero) is 4. The monoisotopic (exact) mass is 1300 g/mol. The maximum Gasteiger partial charge on any atom is 0.243 e. The Morgan fingerprint density at radius 2 is 0.863 bits per heavy atom. The fourth-order valence-corrected chi connectivity index (χ4v) is 18.0. The van der Waals surface area contributed by atoms with E-state index in [4.69, 9.17) is 31.9 Å². The fraction of sp³-hybridized carbons (Fsp3) is 0.256. The third-order valence-corrected chi connectivity index (χ3v) is 22.8. The van der Waals surface area contributed by atoms with Gasteiger partial charge in [0.15, 0.2) is 17.3 Å². The zero-order valence-electron chi connectivity index (χ0n) is 52.8. The van der Waals surface area contributed by atoms with Crippen LogP contribution in [0, 0.1) is 63.2 Å². The van der Waals surface area contributed by atoms with Gasteiger partial charge in [0.25, 0.3) is 0 Å². The molecule has 9 aromatic carbocycles. The molecule has 14 nitrogen and oxygen atoms in total. The smallest absolute Gasteiger partial charge is 0.243 e. The lowest BCUT2D eigenvalue weighted by atomic mass is 9.61. The van der Waals surface area contributed by atoms with Crippen LogP contribution in [0.25, 0.3) is 66.1 Å². The number of benzene rings is 9. The minimum absolute atomic E-state index is 0.0590. The van der Waals surface area contributed by atoms with Gasteiger partial charge in [0.05, 0.1) is 52.3 Å². The number of anilines is 6. The molecule has 95 heavy (non-hydrogen) atoms. The largest absolute Gasteiger partial charge is 0.311 e. The van der Waals surface area contributed by atoms with E-state index in [1.807, 2.05) is 18.2 Å². The van der Waals surface area contributed by atoms with Gasteiger partial charge in [0, 0.05) is 79.7 Å². The highest BCUT2D eigenvalue weighted by molar-refractivity contribution is 7.00. The molecule has 468 valence electrons. The van der Waals surface area contributed by atoms with Crippen molar-refractivity contribution in [2.75, 3.05) is 9.80 Å². The molecule has 0 amide bonds. The van der Waals surface area contributed by atoms with Crippen molar-refractivity contribution in [2.24, 2.45) is 45.5 Å². The highest BCUT2D eigenvalue weighted by atomic mass is 32.1. The Bertz CT molecular complexity index is 5120. The standard InChI is InChI=1S/C78H64N10O4S3/c1-41-9-22-50(23-10-41)87(51-24-11-42(2)12-25-51)53-31-20-46(21-32-53)60-39-62-63(69-68(60)82-93-83-69)40-66(73-70(62)84-95-86-73)80-71-61-37-49-35-48(17-16-47(49)36-64(61)77(91)78(71)92)59-38-55(28-15-44(59)4)88(52-26-13-43(3)14-27-52)54-29-18-45(19-30-54)56-33-34-65(72-67(56)81-94-85-72)79-74-75(89)57-7-5-6-8-58(57)76(74)90/h9-15,18-34,38-40,47-49,57-58,61,64H,5-8,16-17,35-37H2,1-4H3. The number of nitrogens with zero attached hydrogens (tertiary/aromatic N) is 10. The van der Waals surface area contributed by atoms with E-state index in [1.165, 1.54) is 27.8 Å². The summed E-state index contributed by atoms with van der Waals surface area (Å²) in [6, 6.07) is 57.7. The van der Waals surface area contributed by atoms with Crippen molar-refractivity contribution < 1.29 is 19.2 Å². The van der Waals surface area contributed by atoms with E-state index in [-0.39, 0.29) is 46.7 Å². The summed E-state index contributed by atoms with van der Waals surface area (Å²) in [7, 11) is 0. The molecule has 5 saturated carbocycles. The van der Waals surface area contributed by atoms with Gasteiger partial charge in [-0.15, -0.1) is 0 Å². The minimum atomic E-state index is -0.479. The van der Waals surface area contributed by atoms with Crippen molar-refractivity contribution in [3.63, 3.8) is 0 Å². The summed E-state index contributed by atoms with van der Waals surface area (Å²) in [5, 5.41) is 1.69. The van der Waals surface area contributed by atoms with Crippen molar-refractivity contribution in [3.05, 3.63) is 192 Å². The molecule has 5 fully saturated rings. The average molecular weight is 1300 g/mol. The van der Waals surface area contributed by atoms with Crippen molar-refractivity contribution in [1.29, 1.82) is 0 Å². The summed E-state index contributed by atoms with van der Waals surface area (Å²) in [4.78, 5) is 70.0. The molecule has 17 rings (SSSR count). The second-order valence-electron chi connectivity index (χ2n) is 26.8. The van der Waals surface area contributed by atoms with E-state index in [2.05, 4.69) is 187 Å². The molecule has 5 aliphatic rings. The predicted molar refractivity (Wildman–Crippen MR) is 382 cm³/mol. The maximum atomic E-state index is 14.4. The molecule has 12 aromatic rings. The number of aromatic nitrogens is 6. The van der Waals surface area contributed by atoms with Crippen LogP contribution in [-0.2, 0) is 19.2 Å². The van der Waals surface area contributed by atoms with Gasteiger partial charge < -0.3 is 9.80 Å². The van der Waals surface area contributed by atoms with E-state index in [9.17, 15) is 19.2 Å². The van der Waals surface area contributed by atoms with Gasteiger partial charge >= 0.3 is 0 Å². The molecule has 5 aliphatic carbocycles. The quantitative estimate of drug-likeness (QED) is 0.112. The van der Waals surface area contributed by atoms with Crippen LogP contribution in [0.15, 0.2) is 174 Å². The van der Waals surface area contributed by atoms with Gasteiger partial charge in [0.2, 0.25) is 11.6 Å². The fourth-order valence-electron chi connectivity index (χ4n) is 16.3. The molecular weight excluding hydrogens is 1240 g/mol. The van der Waals surface area contributed by atoms with E-state index >= 15 is 0 Å². The second kappa shape index (κ2) is 23.7. The molecule has 0 N–H and O–H groups in total. The van der Waals surface area contributed by atoms with Crippen molar-refractivity contribution in [1.82, 2.24) is 26.2 Å². The number of aryl methyl sites for hydroxylation is 4. The number of ketones is 4. The molecule has 0 bridgehead atoms. The Kier molecular flexibility index (Phi) is 14.7. The van der Waals surface area contributed by atoms with Crippen LogP contribution >= 0.6 is 35.2 Å². The lowest BCUT2D eigenvalue weighted by molar-refractivity contribution is -0.135. The summed E-state index contributed by atoms with van der Waals surface area (Å²) in [5.74, 6) is -1.37. The van der Waals surface area contributed by atoms with E-state index in [0.29, 0.717) is 63.8 Å². The van der Waals surface area contributed by atoms with Gasteiger partial charge in [-0.3, -0.25) is 19.2 Å². The van der Waals surface area contributed by atoms with Crippen molar-refractivity contribution in [3.8, 4) is 22.3 Å². The Labute approximate surface area is 561 Å². The lowest BCUT2D eigenvalue weighted by Crippen LogP contribution is -2.37. The average Bonchev–Trinajstić information content (AvgIpc) is 1.68. The van der Waals surface area contributed by atoms with Crippen molar-refractivity contribution >= 4 is 159 Å². The van der Waals surface area contributed by atoms with Gasteiger partial charge in [-0.2, -0.15) is 26.2 Å². The first-order valence-electron chi connectivity index (χ1n) is 32.9. The van der Waals surface area contributed by atoms with Crippen LogP contribution in [0.5, 0.6) is 0 Å². The summed E-state index contributed by atoms with van der Waals surface area (Å²) in [6.07, 6.45) is 7.72. The number of carbonyl (C=O) groups excluding carboxylic acids is 4. The number of rotatable bonds is 11. The van der Waals surface area contributed by atoms with Gasteiger partial charge in [-0.1, -0.05) is 96.3 Å². The van der Waals surface area contributed by atoms with Gasteiger partial charge in [0.1, 0.15) is 33.1 Å². The Hall–Kier alpha value is -9.68. The number of aliphatic imine (C=N–C) groups is 2. The third-order valence-electron chi connectivity index (χ3n) is 21.2. The van der Waals surface area contributed by atoms with Crippen LogP contribution in [0.1, 0.15) is 91.5 Å². The summed E-state index contributed by atoms with van der Waals surface area (Å²) >= 11 is 3.37. The molecule has 7 atom stereocenters. The van der Waals surface area contributed by atoms with E-state index in [0.717, 1.165) is 158 Å². The molecule has 7 unspecified atom stereocenters. The first-order valence-corrected chi connectivity index (χ1v) is 35.1. The first-order chi connectivity index (χ1) is 46.4. The van der Waals surface area contributed by atoms with Crippen LogP contribution in [0.2, 0.25) is 0 Å². The van der Waals surface area contributed by atoms with Crippen LogP contribution < -0.4 is 9.80 Å². The first kappa shape index (κ1) is 59.1. The summed E-state index contributed by atoms with van der Waals surface area (Å²) in [6.45, 7) is 8.52. The highest BCUT2D eigenvalue weighted by Gasteiger charge is 2.53. The molecule has 17 heteroatoms. The number of hydrogen-bond donors (Lipinski definition) is 0. The normalized spacial score (nSPS) is 21.5. The maximum absolute atomic E-state index is 14.4. The topological polar surface area (TPSA) is 177 Å². The number of carbonyl (C=O) groups is 4. The highest BCUT2D eigenvalue weighted by Crippen LogP contribution is 2.54. The molecule has 3 aromatic heterocycles. The predicted octanol–water partition coefficient (Wildman–Crippen LogP) is 18.8. The number of fused-ring (bicyclic) bond motifs is 9. The lowest BCUT2D eigenvalue weighted by Gasteiger charge is -2.43. The van der Waals surface area contributed by atoms with Gasteiger partial charge in [-0.25, -0.2) is 9.98 Å². The Morgan fingerprint density at radius 1 is 0.389 bits per heavy atom. The zero-order chi connectivity index (χ0) is 64.3. The van der Waals surface area contributed by atoms with Gasteiger partial charge in [-0.05, 0) is 210 Å². The second-order valence-corrected chi connectivity index (χ2v) is 28.4. The molecule has 0 radical (unpaired) electrons. The Balaban J connectivity index is 0.649. The van der Waals surface area contributed by atoms with E-state index < -0.39 is 11.7 Å². The van der Waals surface area contributed by atoms with Crippen LogP contribution in [0.4, 0.5) is 45.5 Å². The Morgan fingerprint density at radius 3 is 1.45 bits per heavy atom. The molecule has 0 spiro atoms. The summed E-state index contributed by atoms with van der Waals surface area (Å²) < 4.78 is 28.8. The third kappa shape index (κ3) is 10.2. The number of hydrogen-bond acceptors (Lipinski definition) is 17. The summed E-state index contributed by atoms with van der Waals surface area (Å²) in [5.41, 5.74) is 21.5. The SMILES string of the molecule is Cc1ccc(N(c2ccc(C)cc2)c2ccc(-c3cc4c(cc(N=C5C(=O)C(=O)C6CC7CCC(c8cc(N(c9ccc(C)cc9)c9ccc(-c%10ccc(N=C%11C(=O)C%12CCCCC%12C%11=O)c%11nsnc%10%11)cc9)ccc8C)CC7CC56)c5nsnc54)c4nsnc34)cc2)cc1. The molecule has 3 heterocycles. The van der Waals surface area contributed by atoms with Crippen molar-refractivity contribution in [2.45, 2.75) is 91.4 Å². The molecule has 0 aliphatic heterocycles. The van der Waals surface area contributed by atoms with E-state index in [1.54, 1.807) is 0 Å². The van der Waals surface area contributed by atoms with Crippen LogP contribution in [-0.4, -0.2) is 60.8 Å². The molecular formula is C78H64N10O4S3. The minimum Gasteiger partial charge on any atom is -0.311 e. The zero-order valence-corrected chi connectivity index (χ0v) is 55.3. The van der Waals surface area contributed by atoms with Crippen LogP contribution in [0.3, 0.4) is 0 Å². The molecule has 0 saturated heterocycles.